The van der Waals surface area contributed by atoms with Crippen molar-refractivity contribution in [3.05, 3.63) is 125 Å². The second kappa shape index (κ2) is 8.83. The lowest BCUT2D eigenvalue weighted by atomic mass is 9.77. The molecule has 0 N–H and O–H groups in total. The fourth-order valence-electron chi connectivity index (χ4n) is 3.90. The van der Waals surface area contributed by atoms with E-state index < -0.39 is 5.54 Å². The van der Waals surface area contributed by atoms with Crippen molar-refractivity contribution in [2.75, 3.05) is 7.11 Å². The Morgan fingerprint density at radius 3 is 1.67 bits per heavy atom. The van der Waals surface area contributed by atoms with Gasteiger partial charge in [0.25, 0.3) is 0 Å². The first-order valence-corrected chi connectivity index (χ1v) is 11.1. The molecule has 1 heterocycles. The summed E-state index contributed by atoms with van der Waals surface area (Å²) in [6, 6.07) is 30.8. The lowest BCUT2D eigenvalue weighted by molar-refractivity contribution is 0.0599. The summed E-state index contributed by atoms with van der Waals surface area (Å²) in [4.78, 5) is 12.5. The molecule has 5 heteroatoms. The predicted molar refractivity (Wildman–Crippen MR) is 126 cm³/mol. The van der Waals surface area contributed by atoms with Gasteiger partial charge in [-0.15, -0.1) is 0 Å². The fraction of sp³-hybridized carbons (Fsp3) is 0.120. The van der Waals surface area contributed by atoms with E-state index in [-0.39, 0.29) is 5.97 Å². The first kappa shape index (κ1) is 20.3. The Balaban J connectivity index is 2.11. The summed E-state index contributed by atoms with van der Waals surface area (Å²) in [7, 11) is 1.40. The summed E-state index contributed by atoms with van der Waals surface area (Å²) in [6.45, 7) is 0. The Morgan fingerprint density at radius 1 is 0.867 bits per heavy atom. The fourth-order valence-corrected chi connectivity index (χ4v) is 4.46. The third kappa shape index (κ3) is 3.43. The van der Waals surface area contributed by atoms with Gasteiger partial charge in [0.15, 0.2) is 0 Å². The molecule has 30 heavy (non-hydrogen) atoms. The highest BCUT2D eigenvalue weighted by Gasteiger charge is 2.40. The Labute approximate surface area is 189 Å². The van der Waals surface area contributed by atoms with Crippen LogP contribution in [0.2, 0.25) is 0 Å². The number of nitrogens with zero attached hydrogens (tertiary/aromatic N) is 2. The summed E-state index contributed by atoms with van der Waals surface area (Å²) in [6.07, 6.45) is 1.81. The standard InChI is InChI=1S/C25H21IN2O2/c1-30-24(29)22-18-28(27-23(22)17-26)25(19-11-5-2-6-12-19,20-13-7-3-8-14-20)21-15-9-4-10-16-21/h2-16,18H,17H2,1H3. The lowest BCUT2D eigenvalue weighted by Crippen LogP contribution is -2.38. The van der Waals surface area contributed by atoms with Gasteiger partial charge in [-0.05, 0) is 16.7 Å². The zero-order valence-electron chi connectivity index (χ0n) is 16.5. The number of rotatable bonds is 6. The van der Waals surface area contributed by atoms with Gasteiger partial charge in [0.2, 0.25) is 0 Å². The Bertz CT molecular complexity index is 1030. The average molecular weight is 508 g/mol. The van der Waals surface area contributed by atoms with Crippen LogP contribution in [0.15, 0.2) is 97.2 Å². The molecule has 0 aliphatic rings. The van der Waals surface area contributed by atoms with Gasteiger partial charge in [-0.3, -0.25) is 4.68 Å². The maximum atomic E-state index is 12.5. The summed E-state index contributed by atoms with van der Waals surface area (Å²) in [5, 5.41) is 4.91. The number of hydrogen-bond acceptors (Lipinski definition) is 3. The van der Waals surface area contributed by atoms with Gasteiger partial charge in [0.05, 0.1) is 12.8 Å². The minimum atomic E-state index is -0.739. The van der Waals surface area contributed by atoms with Crippen molar-refractivity contribution in [3.8, 4) is 0 Å². The summed E-state index contributed by atoms with van der Waals surface area (Å²) < 4.78 is 7.54. The van der Waals surface area contributed by atoms with E-state index >= 15 is 0 Å². The van der Waals surface area contributed by atoms with Gasteiger partial charge in [-0.1, -0.05) is 114 Å². The molecule has 0 unspecified atom stereocenters. The maximum Gasteiger partial charge on any atom is 0.341 e. The lowest BCUT2D eigenvalue weighted by Gasteiger charge is -2.36. The first-order chi connectivity index (χ1) is 14.7. The molecule has 0 amide bonds. The minimum absolute atomic E-state index is 0.379. The Kier molecular flexibility index (Phi) is 5.99. The number of ether oxygens (including phenoxy) is 1. The van der Waals surface area contributed by atoms with Crippen LogP contribution in [0.4, 0.5) is 0 Å². The number of benzene rings is 3. The van der Waals surface area contributed by atoms with Crippen molar-refractivity contribution >= 4 is 28.6 Å². The van der Waals surface area contributed by atoms with Crippen LogP contribution in [0.25, 0.3) is 0 Å². The normalized spacial score (nSPS) is 11.3. The Hall–Kier alpha value is -2.93. The number of hydrogen-bond donors (Lipinski definition) is 0. The van der Waals surface area contributed by atoms with Gasteiger partial charge in [0, 0.05) is 10.6 Å². The maximum absolute atomic E-state index is 12.5. The molecule has 0 aliphatic carbocycles. The molecule has 4 aromatic rings. The van der Waals surface area contributed by atoms with Gasteiger partial charge < -0.3 is 4.74 Å². The van der Waals surface area contributed by atoms with Crippen molar-refractivity contribution in [3.63, 3.8) is 0 Å². The molecule has 0 spiro atoms. The van der Waals surface area contributed by atoms with E-state index in [0.717, 1.165) is 16.7 Å². The van der Waals surface area contributed by atoms with E-state index in [2.05, 4.69) is 59.0 Å². The van der Waals surface area contributed by atoms with Crippen molar-refractivity contribution in [1.82, 2.24) is 9.78 Å². The minimum Gasteiger partial charge on any atom is -0.465 e. The number of halogens is 1. The Morgan fingerprint density at radius 2 is 1.30 bits per heavy atom. The largest absolute Gasteiger partial charge is 0.465 e. The van der Waals surface area contributed by atoms with Gasteiger partial charge >= 0.3 is 5.97 Å². The number of methoxy groups -OCH3 is 1. The van der Waals surface area contributed by atoms with E-state index in [1.54, 1.807) is 0 Å². The van der Waals surface area contributed by atoms with Crippen LogP contribution in [0.5, 0.6) is 0 Å². The molecule has 3 aromatic carbocycles. The van der Waals surface area contributed by atoms with E-state index in [0.29, 0.717) is 15.7 Å². The predicted octanol–water partition coefficient (Wildman–Crippen LogP) is 5.44. The second-order valence-electron chi connectivity index (χ2n) is 6.87. The van der Waals surface area contributed by atoms with Crippen molar-refractivity contribution in [2.45, 2.75) is 9.97 Å². The number of esters is 1. The zero-order valence-corrected chi connectivity index (χ0v) is 18.7. The summed E-state index contributed by atoms with van der Waals surface area (Å²) in [5.74, 6) is -0.379. The van der Waals surface area contributed by atoms with Crippen LogP contribution in [-0.2, 0) is 14.7 Å². The van der Waals surface area contributed by atoms with Crippen LogP contribution >= 0.6 is 22.6 Å². The molecule has 0 saturated carbocycles. The molecule has 0 saturated heterocycles. The van der Waals surface area contributed by atoms with E-state index in [9.17, 15) is 4.79 Å². The molecule has 4 nitrogen and oxygen atoms in total. The molecular weight excluding hydrogens is 487 g/mol. The molecule has 0 aliphatic heterocycles. The van der Waals surface area contributed by atoms with Gasteiger partial charge in [-0.2, -0.15) is 5.10 Å². The smallest absolute Gasteiger partial charge is 0.341 e. The quantitative estimate of drug-likeness (QED) is 0.151. The van der Waals surface area contributed by atoms with Crippen molar-refractivity contribution in [2.24, 2.45) is 0 Å². The van der Waals surface area contributed by atoms with Gasteiger partial charge in [-0.25, -0.2) is 4.79 Å². The topological polar surface area (TPSA) is 44.1 Å². The monoisotopic (exact) mass is 508 g/mol. The van der Waals surface area contributed by atoms with E-state index in [1.165, 1.54) is 7.11 Å². The molecule has 150 valence electrons. The molecule has 4 rings (SSSR count). The van der Waals surface area contributed by atoms with Crippen LogP contribution in [-0.4, -0.2) is 22.9 Å². The van der Waals surface area contributed by atoms with Crippen LogP contribution in [0.1, 0.15) is 32.7 Å². The van der Waals surface area contributed by atoms with E-state index in [1.807, 2.05) is 65.5 Å². The second-order valence-corrected chi connectivity index (χ2v) is 7.63. The third-order valence-corrected chi connectivity index (χ3v) is 5.96. The molecule has 0 fully saturated rings. The third-order valence-electron chi connectivity index (χ3n) is 5.24. The average Bonchev–Trinajstić information content (AvgIpc) is 3.26. The molecule has 1 aromatic heterocycles. The number of carbonyl (C=O) groups is 1. The molecule has 0 radical (unpaired) electrons. The number of aromatic nitrogens is 2. The van der Waals surface area contributed by atoms with Crippen LogP contribution < -0.4 is 0 Å². The SMILES string of the molecule is COC(=O)c1cn(C(c2ccccc2)(c2ccccc2)c2ccccc2)nc1CI. The highest BCUT2D eigenvalue weighted by atomic mass is 127. The van der Waals surface area contributed by atoms with Crippen molar-refractivity contribution < 1.29 is 9.53 Å². The van der Waals surface area contributed by atoms with Gasteiger partial charge in [0.1, 0.15) is 11.1 Å². The summed E-state index contributed by atoms with van der Waals surface area (Å²) >= 11 is 2.23. The van der Waals surface area contributed by atoms with Crippen molar-refractivity contribution in [1.29, 1.82) is 0 Å². The number of carbonyl (C=O) groups excluding carboxylic acids is 1. The highest BCUT2D eigenvalue weighted by Crippen LogP contribution is 2.40. The molecule has 0 atom stereocenters. The zero-order chi connectivity index (χ0) is 21.0. The first-order valence-electron chi connectivity index (χ1n) is 9.61. The van der Waals surface area contributed by atoms with E-state index in [4.69, 9.17) is 9.84 Å². The molecular formula is C25H21IN2O2. The van der Waals surface area contributed by atoms with Crippen LogP contribution in [0.3, 0.4) is 0 Å². The van der Waals surface area contributed by atoms with Crippen LogP contribution in [0, 0.1) is 0 Å². The molecule has 0 bridgehead atoms. The highest BCUT2D eigenvalue weighted by molar-refractivity contribution is 14.1. The number of alkyl halides is 1. The summed E-state index contributed by atoms with van der Waals surface area (Å²) in [5.41, 5.74) is 3.62.